The molecule has 3 rings (SSSR count). The maximum Gasteiger partial charge on any atom is 0.341 e. The molecule has 2 heterocycles. The molecule has 0 unspecified atom stereocenters. The van der Waals surface area contributed by atoms with E-state index in [4.69, 9.17) is 9.47 Å². The smallest absolute Gasteiger partial charge is 0.341 e. The number of carbonyl (C=O) groups is 1. The van der Waals surface area contributed by atoms with Gasteiger partial charge in [0.2, 0.25) is 0 Å². The molecule has 0 N–H and O–H groups in total. The summed E-state index contributed by atoms with van der Waals surface area (Å²) in [5, 5.41) is 2.01. The van der Waals surface area contributed by atoms with Gasteiger partial charge in [-0.2, -0.15) is 0 Å². The van der Waals surface area contributed by atoms with E-state index < -0.39 is 5.97 Å². The second kappa shape index (κ2) is 7.11. The van der Waals surface area contributed by atoms with Gasteiger partial charge in [-0.15, -0.1) is 11.3 Å². The monoisotopic (exact) mass is 404 g/mol. The van der Waals surface area contributed by atoms with Crippen molar-refractivity contribution in [1.82, 2.24) is 9.97 Å². The summed E-state index contributed by atoms with van der Waals surface area (Å²) >= 11 is 5.05. The van der Waals surface area contributed by atoms with Crippen molar-refractivity contribution in [2.45, 2.75) is 0 Å². The first-order chi connectivity index (χ1) is 11.6. The number of ether oxygens (including phenoxy) is 2. The molecule has 0 aliphatic heterocycles. The average Bonchev–Trinajstić information content (AvgIpc) is 3.07. The highest BCUT2D eigenvalue weighted by Gasteiger charge is 2.15. The van der Waals surface area contributed by atoms with Crippen LogP contribution in [0.1, 0.15) is 10.4 Å². The maximum absolute atomic E-state index is 11.7. The van der Waals surface area contributed by atoms with Gasteiger partial charge in [-0.3, -0.25) is 0 Å². The van der Waals surface area contributed by atoms with Crippen LogP contribution in [0.2, 0.25) is 0 Å². The fourth-order valence-electron chi connectivity index (χ4n) is 2.19. The van der Waals surface area contributed by atoms with Gasteiger partial charge in [-0.25, -0.2) is 14.8 Å². The number of halogens is 1. The maximum atomic E-state index is 11.7. The number of aromatic nitrogens is 2. The molecule has 0 radical (unpaired) electrons. The highest BCUT2D eigenvalue weighted by atomic mass is 79.9. The van der Waals surface area contributed by atoms with Crippen molar-refractivity contribution in [1.29, 1.82) is 0 Å². The Bertz CT molecular complexity index is 895. The van der Waals surface area contributed by atoms with E-state index in [-0.39, 0.29) is 0 Å². The number of carbonyl (C=O) groups excluding carboxylic acids is 1. The first-order valence-corrected chi connectivity index (χ1v) is 8.64. The van der Waals surface area contributed by atoms with Crippen molar-refractivity contribution in [3.63, 3.8) is 0 Å². The van der Waals surface area contributed by atoms with Gasteiger partial charge in [0, 0.05) is 21.6 Å². The van der Waals surface area contributed by atoms with Crippen LogP contribution in [0.25, 0.3) is 22.0 Å². The molecule has 24 heavy (non-hydrogen) atoms. The topological polar surface area (TPSA) is 61.3 Å². The molecule has 122 valence electrons. The number of hydrogen-bond donors (Lipinski definition) is 0. The van der Waals surface area contributed by atoms with Crippen molar-refractivity contribution in [2.75, 3.05) is 14.2 Å². The van der Waals surface area contributed by atoms with Gasteiger partial charge >= 0.3 is 5.97 Å². The van der Waals surface area contributed by atoms with Crippen LogP contribution >= 0.6 is 27.3 Å². The van der Waals surface area contributed by atoms with Crippen LogP contribution in [0.4, 0.5) is 0 Å². The fraction of sp³-hybridized carbons (Fsp3) is 0.118. The van der Waals surface area contributed by atoms with Gasteiger partial charge in [0.25, 0.3) is 0 Å². The first kappa shape index (κ1) is 16.6. The number of nitrogens with zero attached hydrogens (tertiary/aromatic N) is 2. The first-order valence-electron chi connectivity index (χ1n) is 6.96. The Labute approximate surface area is 151 Å². The summed E-state index contributed by atoms with van der Waals surface area (Å²) in [7, 11) is 2.84. The summed E-state index contributed by atoms with van der Waals surface area (Å²) in [4.78, 5) is 21.7. The summed E-state index contributed by atoms with van der Waals surface area (Å²) in [5.41, 5.74) is 1.96. The lowest BCUT2D eigenvalue weighted by molar-refractivity contribution is 0.0597. The number of methoxy groups -OCH3 is 2. The summed E-state index contributed by atoms with van der Waals surface area (Å²) in [5.74, 6) is 0.537. The van der Waals surface area contributed by atoms with E-state index in [1.54, 1.807) is 35.7 Å². The molecule has 1 aromatic carbocycles. The van der Waals surface area contributed by atoms with Crippen LogP contribution in [-0.4, -0.2) is 30.2 Å². The third kappa shape index (κ3) is 3.32. The van der Waals surface area contributed by atoms with Crippen molar-refractivity contribution >= 4 is 33.2 Å². The summed E-state index contributed by atoms with van der Waals surface area (Å²) in [6.45, 7) is 0. The van der Waals surface area contributed by atoms with Crippen LogP contribution in [0.15, 0.2) is 46.4 Å². The molecule has 0 aliphatic rings. The predicted molar refractivity (Wildman–Crippen MR) is 96.4 cm³/mol. The summed E-state index contributed by atoms with van der Waals surface area (Å²) < 4.78 is 11.1. The zero-order chi connectivity index (χ0) is 17.1. The van der Waals surface area contributed by atoms with Gasteiger partial charge in [0.1, 0.15) is 11.3 Å². The van der Waals surface area contributed by atoms with Gasteiger partial charge in [0.05, 0.1) is 24.8 Å². The number of thiophene rings is 1. The Kier molecular flexibility index (Phi) is 4.92. The third-order valence-electron chi connectivity index (χ3n) is 3.34. The Morgan fingerprint density at radius 2 is 2.04 bits per heavy atom. The van der Waals surface area contributed by atoms with Gasteiger partial charge in [0.15, 0.2) is 5.82 Å². The van der Waals surface area contributed by atoms with E-state index in [0.29, 0.717) is 17.1 Å². The number of benzene rings is 1. The molecule has 0 spiro atoms. The Balaban J connectivity index is 2.01. The molecular weight excluding hydrogens is 392 g/mol. The molecule has 0 atom stereocenters. The molecule has 0 bridgehead atoms. The molecule has 5 nitrogen and oxygen atoms in total. The molecule has 7 heteroatoms. The molecule has 2 aromatic heterocycles. The lowest BCUT2D eigenvalue weighted by atomic mass is 10.1. The van der Waals surface area contributed by atoms with E-state index in [1.807, 2.05) is 17.5 Å². The average molecular weight is 405 g/mol. The lowest BCUT2D eigenvalue weighted by Crippen LogP contribution is -2.04. The Morgan fingerprint density at radius 1 is 1.21 bits per heavy atom. The summed E-state index contributed by atoms with van der Waals surface area (Å²) in [6.07, 6.45) is 1.71. The van der Waals surface area contributed by atoms with Crippen LogP contribution in [0.5, 0.6) is 5.75 Å². The van der Waals surface area contributed by atoms with E-state index >= 15 is 0 Å². The highest BCUT2D eigenvalue weighted by molar-refractivity contribution is 9.10. The zero-order valence-corrected chi connectivity index (χ0v) is 15.3. The number of hydrogen-bond acceptors (Lipinski definition) is 6. The Morgan fingerprint density at radius 3 is 2.71 bits per heavy atom. The number of rotatable bonds is 4. The molecule has 0 saturated carbocycles. The molecule has 0 amide bonds. The second-order valence-corrected chi connectivity index (χ2v) is 6.63. The van der Waals surface area contributed by atoms with E-state index in [1.165, 1.54) is 14.2 Å². The minimum absolute atomic E-state index is 0.363. The molecular formula is C17H13BrN2O3S. The normalized spacial score (nSPS) is 10.5. The van der Waals surface area contributed by atoms with E-state index in [2.05, 4.69) is 25.9 Å². The van der Waals surface area contributed by atoms with Crippen molar-refractivity contribution in [3.05, 3.63) is 51.9 Å². The van der Waals surface area contributed by atoms with Crippen molar-refractivity contribution in [3.8, 4) is 27.7 Å². The predicted octanol–water partition coefficient (Wildman–Crippen LogP) is 4.43. The molecule has 0 fully saturated rings. The standard InChI is InChI=1S/C17H13BrN2O3S/c1-22-14-7-10(3-4-12(14)17(21)23-2)16-19-6-5-13(20-16)15-8-11(18)9-24-15/h3-9H,1-2H3. The van der Waals surface area contributed by atoms with Gasteiger partial charge in [-0.05, 0) is 40.2 Å². The molecule has 0 aliphatic carbocycles. The molecule has 0 saturated heterocycles. The van der Waals surface area contributed by atoms with Crippen molar-refractivity contribution < 1.29 is 14.3 Å². The zero-order valence-electron chi connectivity index (χ0n) is 12.9. The Hall–Kier alpha value is -2.25. The minimum Gasteiger partial charge on any atom is -0.496 e. The minimum atomic E-state index is -0.448. The summed E-state index contributed by atoms with van der Waals surface area (Å²) in [6, 6.07) is 9.03. The van der Waals surface area contributed by atoms with E-state index in [9.17, 15) is 4.79 Å². The third-order valence-corrected chi connectivity index (χ3v) is 5.05. The largest absolute Gasteiger partial charge is 0.496 e. The molecule has 3 aromatic rings. The van der Waals surface area contributed by atoms with Crippen LogP contribution in [0, 0.1) is 0 Å². The van der Waals surface area contributed by atoms with Gasteiger partial charge in [-0.1, -0.05) is 6.07 Å². The second-order valence-electron chi connectivity index (χ2n) is 4.80. The quantitative estimate of drug-likeness (QED) is 0.601. The van der Waals surface area contributed by atoms with E-state index in [0.717, 1.165) is 20.6 Å². The van der Waals surface area contributed by atoms with Crippen LogP contribution < -0.4 is 4.74 Å². The van der Waals surface area contributed by atoms with Crippen LogP contribution in [0.3, 0.4) is 0 Å². The SMILES string of the molecule is COC(=O)c1ccc(-c2nccc(-c3cc(Br)cs3)n2)cc1OC. The van der Waals surface area contributed by atoms with Crippen molar-refractivity contribution in [2.24, 2.45) is 0 Å². The lowest BCUT2D eigenvalue weighted by Gasteiger charge is -2.09. The fourth-order valence-corrected chi connectivity index (χ4v) is 3.59. The number of esters is 1. The van der Waals surface area contributed by atoms with Gasteiger partial charge < -0.3 is 9.47 Å². The highest BCUT2D eigenvalue weighted by Crippen LogP contribution is 2.30. The van der Waals surface area contributed by atoms with Crippen LogP contribution in [-0.2, 0) is 4.74 Å².